The molecule has 1 rings (SSSR count). The molecule has 0 spiro atoms. The highest BCUT2D eigenvalue weighted by atomic mass is 32.2. The monoisotopic (exact) mass is 265 g/mol. The minimum absolute atomic E-state index is 0.0230. The van der Waals surface area contributed by atoms with Crippen LogP contribution in [0.1, 0.15) is 6.92 Å². The van der Waals surface area contributed by atoms with Gasteiger partial charge in [0.15, 0.2) is 0 Å². The number of allylic oxidation sites excluding steroid dienone is 3. The maximum atomic E-state index is 11.8. The molecule has 96 valence electrons. The fourth-order valence-corrected chi connectivity index (χ4v) is 1.99. The van der Waals surface area contributed by atoms with Gasteiger partial charge in [0, 0.05) is 5.69 Å². The van der Waals surface area contributed by atoms with E-state index < -0.39 is 10.1 Å². The molecule has 0 unspecified atom stereocenters. The first kappa shape index (κ1) is 14.1. The summed E-state index contributed by atoms with van der Waals surface area (Å²) in [7, 11) is -3.86. The Bertz CT molecular complexity index is 583. The molecule has 5 heteroatoms. The van der Waals surface area contributed by atoms with Crippen LogP contribution in [0.2, 0.25) is 0 Å². The number of hydrogen-bond acceptors (Lipinski definition) is 4. The summed E-state index contributed by atoms with van der Waals surface area (Å²) in [5, 5.41) is 0. The summed E-state index contributed by atoms with van der Waals surface area (Å²) in [5.74, 6) is 0.0230. The lowest BCUT2D eigenvalue weighted by atomic mass is 10.3. The lowest BCUT2D eigenvalue weighted by Gasteiger charge is -2.06. The number of nitrogen functional groups attached to an aromatic ring is 1. The topological polar surface area (TPSA) is 69.4 Å². The zero-order valence-electron chi connectivity index (χ0n) is 10.1. The second-order valence-corrected chi connectivity index (χ2v) is 5.30. The van der Waals surface area contributed by atoms with Crippen molar-refractivity contribution in [1.82, 2.24) is 0 Å². The van der Waals surface area contributed by atoms with Crippen LogP contribution < -0.4 is 5.73 Å². The van der Waals surface area contributed by atoms with E-state index in [4.69, 9.17) is 9.92 Å². The van der Waals surface area contributed by atoms with E-state index >= 15 is 0 Å². The minimum Gasteiger partial charge on any atom is -0.399 e. The molecule has 0 aliphatic carbocycles. The predicted molar refractivity (Wildman–Crippen MR) is 72.2 cm³/mol. The Labute approximate surface area is 107 Å². The first-order valence-electron chi connectivity index (χ1n) is 5.14. The molecule has 2 N–H and O–H groups in total. The lowest BCUT2D eigenvalue weighted by molar-refractivity contribution is 0.421. The van der Waals surface area contributed by atoms with Crippen molar-refractivity contribution in [2.45, 2.75) is 11.8 Å². The van der Waals surface area contributed by atoms with Crippen LogP contribution in [0.15, 0.2) is 65.8 Å². The smallest absolute Gasteiger partial charge is 0.339 e. The van der Waals surface area contributed by atoms with Crippen LogP contribution in [0.3, 0.4) is 0 Å². The summed E-state index contributed by atoms with van der Waals surface area (Å²) < 4.78 is 28.5. The molecule has 18 heavy (non-hydrogen) atoms. The molecule has 0 aromatic heterocycles. The molecule has 0 radical (unpaired) electrons. The fraction of sp³-hybridized carbons (Fsp3) is 0.0769. The normalized spacial score (nSPS) is 11.4. The molecule has 0 bridgehead atoms. The molecule has 1 aromatic carbocycles. The third kappa shape index (κ3) is 4.10. The molecule has 0 amide bonds. The van der Waals surface area contributed by atoms with Gasteiger partial charge in [0.05, 0.1) is 0 Å². The van der Waals surface area contributed by atoms with E-state index in [1.165, 1.54) is 30.3 Å². The number of hydrogen-bond donors (Lipinski definition) is 1. The molecule has 0 fully saturated rings. The van der Waals surface area contributed by atoms with Crippen LogP contribution in [0.5, 0.6) is 0 Å². The minimum atomic E-state index is -3.86. The van der Waals surface area contributed by atoms with Gasteiger partial charge >= 0.3 is 10.1 Å². The Kier molecular flexibility index (Phi) is 4.33. The zero-order valence-corrected chi connectivity index (χ0v) is 10.9. The van der Waals surface area contributed by atoms with Gasteiger partial charge in [-0.25, -0.2) is 0 Å². The Morgan fingerprint density at radius 2 is 1.78 bits per heavy atom. The fourth-order valence-electron chi connectivity index (χ4n) is 1.09. The van der Waals surface area contributed by atoms with E-state index in [1.807, 2.05) is 0 Å². The van der Waals surface area contributed by atoms with Crippen molar-refractivity contribution in [3.8, 4) is 0 Å². The Morgan fingerprint density at radius 3 is 2.28 bits per heavy atom. The van der Waals surface area contributed by atoms with E-state index in [2.05, 4.69) is 13.2 Å². The summed E-state index contributed by atoms with van der Waals surface area (Å²) in [5.41, 5.74) is 6.73. The molecule has 0 saturated heterocycles. The summed E-state index contributed by atoms with van der Waals surface area (Å²) in [6, 6.07) is 5.73. The van der Waals surface area contributed by atoms with Crippen LogP contribution in [0, 0.1) is 0 Å². The number of nitrogens with two attached hydrogens (primary N) is 1. The highest BCUT2D eigenvalue weighted by molar-refractivity contribution is 7.86. The van der Waals surface area contributed by atoms with Gasteiger partial charge in [-0.05, 0) is 37.3 Å². The Morgan fingerprint density at radius 1 is 1.22 bits per heavy atom. The summed E-state index contributed by atoms with van der Waals surface area (Å²) >= 11 is 0. The highest BCUT2D eigenvalue weighted by Gasteiger charge is 2.15. The Balaban J connectivity index is 2.86. The van der Waals surface area contributed by atoms with Crippen LogP contribution in [0.25, 0.3) is 0 Å². The molecule has 0 heterocycles. The first-order chi connectivity index (χ1) is 8.31. The average Bonchev–Trinajstić information content (AvgIpc) is 2.26. The summed E-state index contributed by atoms with van der Waals surface area (Å²) in [6.45, 7) is 8.92. The van der Waals surface area contributed by atoms with Gasteiger partial charge < -0.3 is 9.92 Å². The summed E-state index contributed by atoms with van der Waals surface area (Å²) in [6.07, 6.45) is 3.05. The van der Waals surface area contributed by atoms with E-state index in [-0.39, 0.29) is 10.7 Å². The van der Waals surface area contributed by atoms with Crippen molar-refractivity contribution < 1.29 is 12.6 Å². The largest absolute Gasteiger partial charge is 0.399 e. The molecule has 0 atom stereocenters. The van der Waals surface area contributed by atoms with E-state index in [9.17, 15) is 8.42 Å². The molecule has 1 aromatic rings. The van der Waals surface area contributed by atoms with Gasteiger partial charge in [0.25, 0.3) is 0 Å². The van der Waals surface area contributed by atoms with Gasteiger partial charge in [0.1, 0.15) is 10.7 Å². The van der Waals surface area contributed by atoms with Crippen molar-refractivity contribution >= 4 is 15.8 Å². The number of rotatable bonds is 5. The third-order valence-corrected chi connectivity index (χ3v) is 3.22. The molecule has 0 aliphatic rings. The van der Waals surface area contributed by atoms with E-state index in [0.29, 0.717) is 5.69 Å². The zero-order chi connectivity index (χ0) is 13.8. The number of benzene rings is 1. The van der Waals surface area contributed by atoms with Gasteiger partial charge in [-0.15, -0.1) is 0 Å². The highest BCUT2D eigenvalue weighted by Crippen LogP contribution is 2.17. The molecule has 0 aliphatic heterocycles. The Hall–Kier alpha value is -2.01. The second-order valence-electron chi connectivity index (χ2n) is 3.75. The van der Waals surface area contributed by atoms with Crippen molar-refractivity contribution in [3.05, 3.63) is 60.9 Å². The standard InChI is InChI=1S/C13H15NO3S/c1-10(2)4-5-11(3)17-18(15,16)13-8-6-12(14)7-9-13/h4-9H,1,3,14H2,2H3/b5-4-. The van der Waals surface area contributed by atoms with Gasteiger partial charge in [-0.3, -0.25) is 0 Å². The van der Waals surface area contributed by atoms with E-state index in [1.54, 1.807) is 13.0 Å². The maximum Gasteiger partial charge on any atom is 0.339 e. The van der Waals surface area contributed by atoms with Gasteiger partial charge in [0.2, 0.25) is 0 Å². The number of anilines is 1. The maximum absolute atomic E-state index is 11.8. The van der Waals surface area contributed by atoms with Gasteiger partial charge in [-0.2, -0.15) is 8.42 Å². The van der Waals surface area contributed by atoms with Crippen LogP contribution >= 0.6 is 0 Å². The summed E-state index contributed by atoms with van der Waals surface area (Å²) in [4.78, 5) is 0.0292. The lowest BCUT2D eigenvalue weighted by Crippen LogP contribution is -2.05. The SMILES string of the molecule is C=C(C)/C=C\C(=C)OS(=O)(=O)c1ccc(N)cc1. The van der Waals surface area contributed by atoms with Crippen molar-refractivity contribution in [2.75, 3.05) is 5.73 Å². The van der Waals surface area contributed by atoms with Crippen molar-refractivity contribution in [1.29, 1.82) is 0 Å². The predicted octanol–water partition coefficient (Wildman–Crippen LogP) is 2.62. The molecular formula is C13H15NO3S. The molecule has 0 saturated carbocycles. The van der Waals surface area contributed by atoms with Crippen LogP contribution in [-0.4, -0.2) is 8.42 Å². The second kappa shape index (κ2) is 5.55. The quantitative estimate of drug-likeness (QED) is 0.384. The van der Waals surface area contributed by atoms with Gasteiger partial charge in [-0.1, -0.05) is 24.8 Å². The van der Waals surface area contributed by atoms with Crippen molar-refractivity contribution in [2.24, 2.45) is 0 Å². The molecular weight excluding hydrogens is 250 g/mol. The average molecular weight is 265 g/mol. The van der Waals surface area contributed by atoms with E-state index in [0.717, 1.165) is 5.57 Å². The van der Waals surface area contributed by atoms with Crippen molar-refractivity contribution in [3.63, 3.8) is 0 Å². The molecule has 4 nitrogen and oxygen atoms in total. The van der Waals surface area contributed by atoms with Crippen LogP contribution in [-0.2, 0) is 14.3 Å². The first-order valence-corrected chi connectivity index (χ1v) is 6.54. The third-order valence-electron chi connectivity index (χ3n) is 1.94. The van der Waals surface area contributed by atoms with Crippen LogP contribution in [0.4, 0.5) is 5.69 Å².